The van der Waals surface area contributed by atoms with Crippen LogP contribution in [-0.2, 0) is 6.54 Å². The Hall–Kier alpha value is -1.47. The smallest absolute Gasteiger partial charge is 0.243 e. The lowest BCUT2D eigenvalue weighted by Gasteiger charge is -2.09. The fourth-order valence-corrected chi connectivity index (χ4v) is 2.17. The summed E-state index contributed by atoms with van der Waals surface area (Å²) < 4.78 is 5.27. The van der Waals surface area contributed by atoms with Crippen LogP contribution in [-0.4, -0.2) is 25.9 Å². The van der Waals surface area contributed by atoms with Gasteiger partial charge in [-0.25, -0.2) is 9.97 Å². The Morgan fingerprint density at radius 1 is 1.24 bits per heavy atom. The van der Waals surface area contributed by atoms with Gasteiger partial charge < -0.3 is 9.84 Å². The van der Waals surface area contributed by atoms with Crippen molar-refractivity contribution < 1.29 is 4.52 Å². The number of hydrogen-bond acceptors (Lipinski definition) is 7. The molecule has 0 aromatic carbocycles. The third kappa shape index (κ3) is 4.50. The fourth-order valence-electron chi connectivity index (χ4n) is 1.65. The number of nitrogens with one attached hydrogen (secondary N) is 1. The van der Waals surface area contributed by atoms with Gasteiger partial charge in [0.15, 0.2) is 11.0 Å². The molecule has 0 aliphatic rings. The summed E-state index contributed by atoms with van der Waals surface area (Å²) in [5, 5.41) is 8.12. The summed E-state index contributed by atoms with van der Waals surface area (Å²) in [4.78, 5) is 13.0. The van der Waals surface area contributed by atoms with Gasteiger partial charge in [-0.3, -0.25) is 0 Å². The average molecular weight is 307 g/mol. The lowest BCUT2D eigenvalue weighted by Crippen LogP contribution is -2.18. The summed E-state index contributed by atoms with van der Waals surface area (Å²) in [6, 6.07) is -0.00491. The van der Waals surface area contributed by atoms with Crippen molar-refractivity contribution in [3.05, 3.63) is 29.7 Å². The first-order valence-electron chi connectivity index (χ1n) is 7.10. The molecule has 7 heteroatoms. The molecule has 0 amide bonds. The molecule has 0 aliphatic heterocycles. The minimum Gasteiger partial charge on any atom is -0.338 e. The molecule has 114 valence electrons. The first-order chi connectivity index (χ1) is 10.1. The maximum absolute atomic E-state index is 5.27. The van der Waals surface area contributed by atoms with Crippen LogP contribution in [0.25, 0.3) is 0 Å². The predicted molar refractivity (Wildman–Crippen MR) is 82.1 cm³/mol. The van der Waals surface area contributed by atoms with E-state index in [0.717, 1.165) is 22.3 Å². The molecule has 6 nitrogen and oxygen atoms in total. The molecule has 1 N–H and O–H groups in total. The molecule has 21 heavy (non-hydrogen) atoms. The molecule has 0 saturated heterocycles. The van der Waals surface area contributed by atoms with Gasteiger partial charge in [-0.2, -0.15) is 4.98 Å². The molecule has 1 atom stereocenters. The summed E-state index contributed by atoms with van der Waals surface area (Å²) in [5.41, 5.74) is 1.03. The van der Waals surface area contributed by atoms with E-state index in [4.69, 9.17) is 4.52 Å². The van der Waals surface area contributed by atoms with E-state index in [1.165, 1.54) is 0 Å². The van der Waals surface area contributed by atoms with Crippen LogP contribution in [0.1, 0.15) is 56.9 Å². The van der Waals surface area contributed by atoms with Crippen molar-refractivity contribution in [1.29, 1.82) is 0 Å². The standard InChI is InChI=1S/C14H21N5OS/c1-5-21-14-16-7-11(8-17-14)6-15-10(4)13-18-12(9(2)3)19-20-13/h7-10,15H,5-6H2,1-4H3. The van der Waals surface area contributed by atoms with Crippen molar-refractivity contribution in [2.75, 3.05) is 5.75 Å². The quantitative estimate of drug-likeness (QED) is 0.622. The van der Waals surface area contributed by atoms with E-state index in [-0.39, 0.29) is 12.0 Å². The zero-order valence-electron chi connectivity index (χ0n) is 12.8. The van der Waals surface area contributed by atoms with Gasteiger partial charge in [-0.15, -0.1) is 0 Å². The Bertz CT molecular complexity index is 555. The van der Waals surface area contributed by atoms with Gasteiger partial charge in [0.1, 0.15) is 0 Å². The van der Waals surface area contributed by atoms with Crippen LogP contribution in [0.15, 0.2) is 22.1 Å². The molecule has 0 radical (unpaired) electrons. The van der Waals surface area contributed by atoms with Gasteiger partial charge in [0.25, 0.3) is 0 Å². The second kappa shape index (κ2) is 7.51. The number of hydrogen-bond donors (Lipinski definition) is 1. The topological polar surface area (TPSA) is 76.7 Å². The number of aromatic nitrogens is 4. The monoisotopic (exact) mass is 307 g/mol. The summed E-state index contributed by atoms with van der Waals surface area (Å²) in [5.74, 6) is 2.59. The second-order valence-electron chi connectivity index (χ2n) is 5.06. The van der Waals surface area contributed by atoms with E-state index in [1.54, 1.807) is 11.8 Å². The molecule has 0 fully saturated rings. The van der Waals surface area contributed by atoms with Crippen molar-refractivity contribution in [1.82, 2.24) is 25.4 Å². The highest BCUT2D eigenvalue weighted by molar-refractivity contribution is 7.99. The number of thioether (sulfide) groups is 1. The van der Waals surface area contributed by atoms with Crippen molar-refractivity contribution >= 4 is 11.8 Å². The predicted octanol–water partition coefficient (Wildman–Crippen LogP) is 2.95. The van der Waals surface area contributed by atoms with Crippen molar-refractivity contribution in [3.63, 3.8) is 0 Å². The highest BCUT2D eigenvalue weighted by atomic mass is 32.2. The molecular weight excluding hydrogens is 286 g/mol. The van der Waals surface area contributed by atoms with Crippen molar-refractivity contribution in [3.8, 4) is 0 Å². The van der Waals surface area contributed by atoms with Crippen LogP contribution in [0, 0.1) is 0 Å². The van der Waals surface area contributed by atoms with Gasteiger partial charge >= 0.3 is 0 Å². The van der Waals surface area contributed by atoms with E-state index in [1.807, 2.05) is 33.2 Å². The molecule has 0 bridgehead atoms. The van der Waals surface area contributed by atoms with Gasteiger partial charge in [-0.05, 0) is 12.7 Å². The van der Waals surface area contributed by atoms with E-state index in [9.17, 15) is 0 Å². The molecule has 2 heterocycles. The van der Waals surface area contributed by atoms with Gasteiger partial charge in [0, 0.05) is 30.4 Å². The highest BCUT2D eigenvalue weighted by Crippen LogP contribution is 2.15. The third-order valence-electron chi connectivity index (χ3n) is 2.91. The first kappa shape index (κ1) is 15.9. The van der Waals surface area contributed by atoms with Crippen molar-refractivity contribution in [2.24, 2.45) is 0 Å². The van der Waals surface area contributed by atoms with Gasteiger partial charge in [-0.1, -0.05) is 37.7 Å². The van der Waals surface area contributed by atoms with E-state index < -0.39 is 0 Å². The summed E-state index contributed by atoms with van der Waals surface area (Å²) in [6.07, 6.45) is 3.69. The fraction of sp³-hybridized carbons (Fsp3) is 0.571. The molecule has 1 unspecified atom stereocenters. The van der Waals surface area contributed by atoms with Crippen LogP contribution in [0.5, 0.6) is 0 Å². The molecule has 2 rings (SSSR count). The van der Waals surface area contributed by atoms with Gasteiger partial charge in [0.2, 0.25) is 5.89 Å². The highest BCUT2D eigenvalue weighted by Gasteiger charge is 2.15. The first-order valence-corrected chi connectivity index (χ1v) is 8.09. The Morgan fingerprint density at radius 2 is 1.95 bits per heavy atom. The van der Waals surface area contributed by atoms with E-state index >= 15 is 0 Å². The van der Waals surface area contributed by atoms with Crippen molar-refractivity contribution in [2.45, 2.75) is 51.4 Å². The van der Waals surface area contributed by atoms with Gasteiger partial charge in [0.05, 0.1) is 6.04 Å². The number of rotatable bonds is 7. The maximum Gasteiger partial charge on any atom is 0.243 e. The lowest BCUT2D eigenvalue weighted by molar-refractivity contribution is 0.334. The summed E-state index contributed by atoms with van der Waals surface area (Å²) in [7, 11) is 0. The second-order valence-corrected chi connectivity index (χ2v) is 6.29. The Kier molecular flexibility index (Phi) is 5.69. The lowest BCUT2D eigenvalue weighted by atomic mass is 10.2. The SMILES string of the molecule is CCSc1ncc(CNC(C)c2nc(C(C)C)no2)cn1. The molecule has 2 aromatic heterocycles. The van der Waals surface area contributed by atoms with Crippen LogP contribution in [0.3, 0.4) is 0 Å². The van der Waals surface area contributed by atoms with E-state index in [2.05, 4.69) is 32.3 Å². The molecule has 0 saturated carbocycles. The minimum absolute atomic E-state index is 0.00491. The third-order valence-corrected chi connectivity index (χ3v) is 3.67. The largest absolute Gasteiger partial charge is 0.338 e. The molecular formula is C14H21N5OS. The molecule has 0 aliphatic carbocycles. The Labute approximate surface area is 129 Å². The van der Waals surface area contributed by atoms with Crippen LogP contribution in [0.4, 0.5) is 0 Å². The average Bonchev–Trinajstić information content (AvgIpc) is 2.97. The van der Waals surface area contributed by atoms with Crippen LogP contribution < -0.4 is 5.32 Å². The zero-order chi connectivity index (χ0) is 15.2. The minimum atomic E-state index is -0.00491. The normalized spacial score (nSPS) is 12.8. The summed E-state index contributed by atoms with van der Waals surface area (Å²) in [6.45, 7) is 8.83. The van der Waals surface area contributed by atoms with Crippen LogP contribution in [0.2, 0.25) is 0 Å². The Morgan fingerprint density at radius 3 is 2.52 bits per heavy atom. The van der Waals surface area contributed by atoms with Crippen LogP contribution >= 0.6 is 11.8 Å². The Balaban J connectivity index is 1.89. The zero-order valence-corrected chi connectivity index (χ0v) is 13.6. The molecule has 2 aromatic rings. The number of nitrogens with zero attached hydrogens (tertiary/aromatic N) is 4. The summed E-state index contributed by atoms with van der Waals surface area (Å²) >= 11 is 1.63. The molecule has 0 spiro atoms. The van der Waals surface area contributed by atoms with E-state index in [0.29, 0.717) is 12.4 Å². The maximum atomic E-state index is 5.27.